The molecule has 3 heteroatoms. The molecule has 0 N–H and O–H groups in total. The zero-order valence-electron chi connectivity index (χ0n) is 11.8. The maximum absolute atomic E-state index is 4.64. The Morgan fingerprint density at radius 2 is 2.05 bits per heavy atom. The first-order valence-corrected chi connectivity index (χ1v) is 7.90. The molecule has 3 heterocycles. The molecule has 1 fully saturated rings. The van der Waals surface area contributed by atoms with Crippen LogP contribution < -0.4 is 0 Å². The molecular formula is C17H21N3. The van der Waals surface area contributed by atoms with E-state index in [4.69, 9.17) is 0 Å². The Morgan fingerprint density at radius 3 is 2.95 bits per heavy atom. The van der Waals surface area contributed by atoms with Crippen LogP contribution in [0.15, 0.2) is 30.9 Å². The molecule has 1 saturated carbocycles. The lowest BCUT2D eigenvalue weighted by Gasteiger charge is -2.23. The molecule has 0 saturated heterocycles. The molecule has 1 aliphatic heterocycles. The normalized spacial score (nSPS) is 21.7. The monoisotopic (exact) mass is 267 g/mol. The van der Waals surface area contributed by atoms with Crippen molar-refractivity contribution in [1.82, 2.24) is 14.5 Å². The Labute approximate surface area is 120 Å². The van der Waals surface area contributed by atoms with Crippen molar-refractivity contribution in [3.05, 3.63) is 36.5 Å². The summed E-state index contributed by atoms with van der Waals surface area (Å²) in [6.45, 7) is 0. The summed E-state index contributed by atoms with van der Waals surface area (Å²) in [5.74, 6) is 0.934. The maximum Gasteiger partial charge on any atom is 0.0957 e. The van der Waals surface area contributed by atoms with E-state index in [1.165, 1.54) is 61.9 Å². The standard InChI is InChI=1S/C17H21N3/c1-2-5-13(6-3-1)8-9-15-17-14(7-4-10-19-17)16-11-18-12-20(15)16/h4,7,10-13,15H,1-3,5-6,8-9H2. The van der Waals surface area contributed by atoms with Crippen LogP contribution in [0.4, 0.5) is 0 Å². The third kappa shape index (κ3) is 1.96. The Balaban J connectivity index is 1.56. The summed E-state index contributed by atoms with van der Waals surface area (Å²) in [6, 6.07) is 4.61. The van der Waals surface area contributed by atoms with Gasteiger partial charge in [-0.15, -0.1) is 0 Å². The first-order valence-electron chi connectivity index (χ1n) is 7.90. The fourth-order valence-electron chi connectivity index (χ4n) is 3.94. The van der Waals surface area contributed by atoms with E-state index in [1.54, 1.807) is 0 Å². The van der Waals surface area contributed by atoms with Crippen LogP contribution in [0, 0.1) is 5.92 Å². The highest BCUT2D eigenvalue weighted by Gasteiger charge is 2.29. The highest BCUT2D eigenvalue weighted by Crippen LogP contribution is 2.41. The van der Waals surface area contributed by atoms with Gasteiger partial charge in [0.25, 0.3) is 0 Å². The second kappa shape index (κ2) is 5.04. The van der Waals surface area contributed by atoms with Crippen molar-refractivity contribution in [2.45, 2.75) is 51.0 Å². The smallest absolute Gasteiger partial charge is 0.0957 e. The lowest BCUT2D eigenvalue weighted by Crippen LogP contribution is -2.11. The summed E-state index contributed by atoms with van der Waals surface area (Å²) in [5.41, 5.74) is 3.76. The van der Waals surface area contributed by atoms with Gasteiger partial charge in [-0.2, -0.15) is 0 Å². The molecule has 0 amide bonds. The fourth-order valence-corrected chi connectivity index (χ4v) is 3.94. The van der Waals surface area contributed by atoms with E-state index in [9.17, 15) is 0 Å². The minimum absolute atomic E-state index is 0.408. The van der Waals surface area contributed by atoms with E-state index in [0.717, 1.165) is 5.92 Å². The van der Waals surface area contributed by atoms with Gasteiger partial charge in [-0.05, 0) is 30.9 Å². The Hall–Kier alpha value is -1.64. The third-order valence-electron chi connectivity index (χ3n) is 5.01. The SMILES string of the molecule is c1cnc2c(c1)-c1cncn1C2CCC1CCCCC1. The summed E-state index contributed by atoms with van der Waals surface area (Å²) in [4.78, 5) is 8.97. The van der Waals surface area contributed by atoms with Crippen LogP contribution >= 0.6 is 0 Å². The quantitative estimate of drug-likeness (QED) is 0.834. The molecule has 3 nitrogen and oxygen atoms in total. The van der Waals surface area contributed by atoms with Gasteiger partial charge in [0.15, 0.2) is 0 Å². The summed E-state index contributed by atoms with van der Waals surface area (Å²) >= 11 is 0. The van der Waals surface area contributed by atoms with E-state index in [1.807, 2.05) is 24.8 Å². The van der Waals surface area contributed by atoms with Crippen LogP contribution in [0.25, 0.3) is 11.3 Å². The molecule has 20 heavy (non-hydrogen) atoms. The molecule has 4 rings (SSSR count). The van der Waals surface area contributed by atoms with Crippen LogP contribution in [0.5, 0.6) is 0 Å². The largest absolute Gasteiger partial charge is 0.321 e. The number of hydrogen-bond donors (Lipinski definition) is 0. The summed E-state index contributed by atoms with van der Waals surface area (Å²) in [5, 5.41) is 0. The molecule has 0 bridgehead atoms. The number of pyridine rings is 1. The van der Waals surface area contributed by atoms with Gasteiger partial charge < -0.3 is 4.57 Å². The van der Waals surface area contributed by atoms with E-state index < -0.39 is 0 Å². The molecule has 0 aromatic carbocycles. The van der Waals surface area contributed by atoms with Gasteiger partial charge in [-0.3, -0.25) is 4.98 Å². The second-order valence-electron chi connectivity index (χ2n) is 6.22. The molecule has 2 aliphatic rings. The molecule has 1 aliphatic carbocycles. The topological polar surface area (TPSA) is 30.7 Å². The van der Waals surface area contributed by atoms with Crippen molar-refractivity contribution in [2.24, 2.45) is 5.92 Å². The van der Waals surface area contributed by atoms with Crippen LogP contribution in [0.2, 0.25) is 0 Å². The maximum atomic E-state index is 4.64. The van der Waals surface area contributed by atoms with E-state index >= 15 is 0 Å². The van der Waals surface area contributed by atoms with Gasteiger partial charge in [0, 0.05) is 11.8 Å². The Morgan fingerprint density at radius 1 is 1.15 bits per heavy atom. The zero-order chi connectivity index (χ0) is 13.4. The molecular weight excluding hydrogens is 246 g/mol. The lowest BCUT2D eigenvalue weighted by atomic mass is 9.85. The minimum atomic E-state index is 0.408. The highest BCUT2D eigenvalue weighted by atomic mass is 15.1. The summed E-state index contributed by atoms with van der Waals surface area (Å²) in [7, 11) is 0. The van der Waals surface area contributed by atoms with Crippen LogP contribution in [-0.2, 0) is 0 Å². The predicted molar refractivity (Wildman–Crippen MR) is 79.4 cm³/mol. The van der Waals surface area contributed by atoms with E-state index in [0.29, 0.717) is 6.04 Å². The third-order valence-corrected chi connectivity index (χ3v) is 5.01. The van der Waals surface area contributed by atoms with Gasteiger partial charge in [0.2, 0.25) is 0 Å². The molecule has 1 atom stereocenters. The van der Waals surface area contributed by atoms with Gasteiger partial charge >= 0.3 is 0 Å². The highest BCUT2D eigenvalue weighted by molar-refractivity contribution is 5.66. The van der Waals surface area contributed by atoms with Crippen molar-refractivity contribution in [2.75, 3.05) is 0 Å². The second-order valence-corrected chi connectivity index (χ2v) is 6.22. The number of aromatic nitrogens is 3. The van der Waals surface area contributed by atoms with Gasteiger partial charge in [0.05, 0.1) is 30.0 Å². The van der Waals surface area contributed by atoms with Gasteiger partial charge in [-0.25, -0.2) is 4.98 Å². The van der Waals surface area contributed by atoms with Crippen LogP contribution in [0.3, 0.4) is 0 Å². The fraction of sp³-hybridized carbons (Fsp3) is 0.529. The zero-order valence-corrected chi connectivity index (χ0v) is 11.8. The van der Waals surface area contributed by atoms with Crippen molar-refractivity contribution < 1.29 is 0 Å². The molecule has 2 aromatic rings. The Kier molecular flexibility index (Phi) is 3.06. The van der Waals surface area contributed by atoms with Crippen LogP contribution in [-0.4, -0.2) is 14.5 Å². The van der Waals surface area contributed by atoms with Crippen molar-refractivity contribution in [3.63, 3.8) is 0 Å². The average molecular weight is 267 g/mol. The summed E-state index contributed by atoms with van der Waals surface area (Å²) in [6.07, 6.45) is 15.6. The number of hydrogen-bond acceptors (Lipinski definition) is 2. The number of nitrogens with zero attached hydrogens (tertiary/aromatic N) is 3. The number of imidazole rings is 1. The van der Waals surface area contributed by atoms with E-state index in [2.05, 4.69) is 20.6 Å². The Bertz CT molecular complexity index is 596. The van der Waals surface area contributed by atoms with Crippen molar-refractivity contribution >= 4 is 0 Å². The average Bonchev–Trinajstić information content (AvgIpc) is 3.07. The number of rotatable bonds is 3. The van der Waals surface area contributed by atoms with Gasteiger partial charge in [0.1, 0.15) is 0 Å². The van der Waals surface area contributed by atoms with Crippen molar-refractivity contribution in [1.29, 1.82) is 0 Å². The molecule has 2 aromatic heterocycles. The minimum Gasteiger partial charge on any atom is -0.321 e. The predicted octanol–water partition coefficient (Wildman–Crippen LogP) is 4.21. The van der Waals surface area contributed by atoms with Gasteiger partial charge in [-0.1, -0.05) is 32.1 Å². The first kappa shape index (κ1) is 12.1. The molecule has 104 valence electrons. The lowest BCUT2D eigenvalue weighted by molar-refractivity contribution is 0.317. The molecule has 0 radical (unpaired) electrons. The summed E-state index contributed by atoms with van der Waals surface area (Å²) < 4.78 is 2.32. The molecule has 0 spiro atoms. The first-order chi connectivity index (χ1) is 9.93. The number of fused-ring (bicyclic) bond motifs is 3. The van der Waals surface area contributed by atoms with E-state index in [-0.39, 0.29) is 0 Å². The van der Waals surface area contributed by atoms with Crippen LogP contribution in [0.1, 0.15) is 56.7 Å². The van der Waals surface area contributed by atoms with Crippen molar-refractivity contribution in [3.8, 4) is 11.3 Å². The molecule has 1 unspecified atom stereocenters.